The first-order chi connectivity index (χ1) is 13.9. The Labute approximate surface area is 163 Å². The lowest BCUT2D eigenvalue weighted by molar-refractivity contribution is 0.0528. The molecule has 10 heteroatoms. The van der Waals surface area contributed by atoms with E-state index in [9.17, 15) is 18.0 Å². The fraction of sp³-hybridized carbons (Fsp3) is 0.316. The molecular weight excluding hydrogens is 389 g/mol. The minimum atomic E-state index is -1.27. The number of hydrogen-bond acceptors (Lipinski definition) is 6. The van der Waals surface area contributed by atoms with Crippen LogP contribution in [0.4, 0.5) is 18.9 Å². The molecule has 3 N–H and O–H groups in total. The second-order valence-corrected chi connectivity index (χ2v) is 6.81. The summed E-state index contributed by atoms with van der Waals surface area (Å²) in [6.45, 7) is -0.830. The number of halogens is 3. The predicted octanol–water partition coefficient (Wildman–Crippen LogP) is 2.14. The number of alkyl halides is 1. The number of carbonyl (C=O) groups is 1. The van der Waals surface area contributed by atoms with Crippen LogP contribution in [-0.4, -0.2) is 42.9 Å². The van der Waals surface area contributed by atoms with Gasteiger partial charge in [-0.15, -0.1) is 0 Å². The number of anilines is 1. The molecule has 0 saturated carbocycles. The summed E-state index contributed by atoms with van der Waals surface area (Å²) in [4.78, 5) is 20.3. The van der Waals surface area contributed by atoms with Crippen LogP contribution in [0.2, 0.25) is 0 Å². The van der Waals surface area contributed by atoms with Crippen molar-refractivity contribution in [2.45, 2.75) is 11.6 Å². The first-order valence-corrected chi connectivity index (χ1v) is 8.81. The number of aromatic nitrogens is 1. The van der Waals surface area contributed by atoms with Crippen molar-refractivity contribution in [1.82, 2.24) is 4.98 Å². The minimum absolute atomic E-state index is 0.0108. The number of ether oxygens (including phenoxy) is 2. The van der Waals surface area contributed by atoms with Crippen molar-refractivity contribution in [3.63, 3.8) is 0 Å². The van der Waals surface area contributed by atoms with Crippen LogP contribution in [0.1, 0.15) is 16.1 Å². The summed E-state index contributed by atoms with van der Waals surface area (Å²) in [6, 6.07) is 6.11. The van der Waals surface area contributed by atoms with Gasteiger partial charge in [-0.1, -0.05) is 0 Å². The molecule has 1 fully saturated rings. The number of aliphatic imine (C=N–C) groups is 1. The van der Waals surface area contributed by atoms with Gasteiger partial charge in [0.2, 0.25) is 0 Å². The van der Waals surface area contributed by atoms with Crippen molar-refractivity contribution in [3.05, 3.63) is 59.4 Å². The van der Waals surface area contributed by atoms with Crippen LogP contribution in [0.3, 0.4) is 0 Å². The predicted molar refractivity (Wildman–Crippen MR) is 97.0 cm³/mol. The monoisotopic (exact) mass is 406 g/mol. The number of fused-ring (bicyclic) bond motifs is 1. The van der Waals surface area contributed by atoms with E-state index in [0.29, 0.717) is 0 Å². The van der Waals surface area contributed by atoms with Crippen molar-refractivity contribution < 1.29 is 27.4 Å². The molecule has 1 aromatic carbocycles. The van der Waals surface area contributed by atoms with E-state index in [-0.39, 0.29) is 36.2 Å². The van der Waals surface area contributed by atoms with Crippen molar-refractivity contribution in [2.75, 3.05) is 25.2 Å². The van der Waals surface area contributed by atoms with Gasteiger partial charge in [-0.05, 0) is 30.3 Å². The molecule has 7 nitrogen and oxygen atoms in total. The van der Waals surface area contributed by atoms with E-state index in [4.69, 9.17) is 15.2 Å². The van der Waals surface area contributed by atoms with Crippen LogP contribution >= 0.6 is 0 Å². The number of carbonyl (C=O) groups excluding carboxylic acids is 1. The van der Waals surface area contributed by atoms with Gasteiger partial charge in [-0.3, -0.25) is 4.79 Å². The molecule has 1 saturated heterocycles. The highest BCUT2D eigenvalue weighted by Gasteiger charge is 2.55. The van der Waals surface area contributed by atoms with Crippen LogP contribution in [0, 0.1) is 17.6 Å². The summed E-state index contributed by atoms with van der Waals surface area (Å²) >= 11 is 0. The third-order valence-corrected chi connectivity index (χ3v) is 5.10. The fourth-order valence-electron chi connectivity index (χ4n) is 3.66. The molecule has 3 atom stereocenters. The second-order valence-electron chi connectivity index (χ2n) is 6.81. The number of rotatable bonds is 4. The number of hydrogen-bond donors (Lipinski definition) is 2. The number of benzene rings is 1. The zero-order valence-corrected chi connectivity index (χ0v) is 15.1. The molecule has 3 unspecified atom stereocenters. The highest BCUT2D eigenvalue weighted by Crippen LogP contribution is 2.46. The Morgan fingerprint density at radius 3 is 2.86 bits per heavy atom. The molecule has 1 aromatic heterocycles. The maximum Gasteiger partial charge on any atom is 0.282 e. The SMILES string of the molecule is NC1=NC2(c3cc(NC(=O)c4ccc(F)cn4)ccc3F)COC(CF)C2CO1. The number of pyridine rings is 1. The Bertz CT molecular complexity index is 970. The lowest BCUT2D eigenvalue weighted by Gasteiger charge is -2.35. The molecule has 3 heterocycles. The first-order valence-electron chi connectivity index (χ1n) is 8.81. The number of nitrogens with one attached hydrogen (secondary N) is 1. The number of amides is 1. The van der Waals surface area contributed by atoms with Crippen LogP contribution in [0.15, 0.2) is 41.5 Å². The van der Waals surface area contributed by atoms with E-state index in [2.05, 4.69) is 15.3 Å². The number of nitrogens with two attached hydrogens (primary N) is 1. The molecule has 0 radical (unpaired) electrons. The zero-order chi connectivity index (χ0) is 20.6. The van der Waals surface area contributed by atoms with Gasteiger partial charge in [0, 0.05) is 11.3 Å². The highest BCUT2D eigenvalue weighted by molar-refractivity contribution is 6.02. The number of amidine groups is 1. The van der Waals surface area contributed by atoms with E-state index in [1.165, 1.54) is 24.3 Å². The van der Waals surface area contributed by atoms with E-state index < -0.39 is 41.8 Å². The maximum absolute atomic E-state index is 14.8. The molecule has 152 valence electrons. The van der Waals surface area contributed by atoms with Gasteiger partial charge < -0.3 is 20.5 Å². The lowest BCUT2D eigenvalue weighted by Crippen LogP contribution is -2.45. The summed E-state index contributed by atoms with van der Waals surface area (Å²) in [6.07, 6.45) is 0.106. The summed E-state index contributed by atoms with van der Waals surface area (Å²) in [5.41, 5.74) is 4.79. The molecule has 1 amide bonds. The van der Waals surface area contributed by atoms with Crippen molar-refractivity contribution in [1.29, 1.82) is 0 Å². The van der Waals surface area contributed by atoms with Gasteiger partial charge in [0.05, 0.1) is 31.4 Å². The quantitative estimate of drug-likeness (QED) is 0.811. The molecule has 0 aliphatic carbocycles. The van der Waals surface area contributed by atoms with E-state index >= 15 is 0 Å². The van der Waals surface area contributed by atoms with Crippen molar-refractivity contribution >= 4 is 17.6 Å². The fourth-order valence-corrected chi connectivity index (χ4v) is 3.66. The Hall–Kier alpha value is -3.14. The maximum atomic E-state index is 14.8. The lowest BCUT2D eigenvalue weighted by atomic mass is 9.78. The molecule has 4 rings (SSSR count). The van der Waals surface area contributed by atoms with Gasteiger partial charge in [-0.25, -0.2) is 23.1 Å². The average Bonchev–Trinajstić information content (AvgIpc) is 3.08. The minimum Gasteiger partial charge on any atom is -0.465 e. The third-order valence-electron chi connectivity index (χ3n) is 5.10. The Morgan fingerprint density at radius 2 is 2.14 bits per heavy atom. The van der Waals surface area contributed by atoms with E-state index in [1.54, 1.807) is 0 Å². The second kappa shape index (κ2) is 7.36. The van der Waals surface area contributed by atoms with Crippen LogP contribution in [0.25, 0.3) is 0 Å². The molecule has 29 heavy (non-hydrogen) atoms. The standard InChI is InChI=1S/C19H17F3N4O3/c20-6-16-13-8-28-18(23)26-19(13,9-29-16)12-5-11(2-3-14(12)22)25-17(27)15-4-1-10(21)7-24-15/h1-5,7,13,16H,6,8-9H2,(H2,23,26)(H,25,27). The first kappa shape index (κ1) is 19.2. The van der Waals surface area contributed by atoms with Gasteiger partial charge in [0.15, 0.2) is 0 Å². The molecular formula is C19H17F3N4O3. The van der Waals surface area contributed by atoms with Crippen LogP contribution < -0.4 is 11.1 Å². The Balaban J connectivity index is 1.68. The third kappa shape index (κ3) is 3.39. The molecule has 0 bridgehead atoms. The molecule has 2 aliphatic heterocycles. The summed E-state index contributed by atoms with van der Waals surface area (Å²) in [7, 11) is 0. The molecule has 2 aliphatic rings. The van der Waals surface area contributed by atoms with Gasteiger partial charge in [0.25, 0.3) is 11.9 Å². The van der Waals surface area contributed by atoms with E-state index in [1.807, 2.05) is 0 Å². The number of nitrogens with zero attached hydrogens (tertiary/aromatic N) is 2. The largest absolute Gasteiger partial charge is 0.465 e. The molecule has 0 spiro atoms. The van der Waals surface area contributed by atoms with Crippen LogP contribution in [0.5, 0.6) is 0 Å². The van der Waals surface area contributed by atoms with Crippen molar-refractivity contribution in [2.24, 2.45) is 16.6 Å². The van der Waals surface area contributed by atoms with Gasteiger partial charge >= 0.3 is 0 Å². The summed E-state index contributed by atoms with van der Waals surface area (Å²) in [5, 5.41) is 2.58. The highest BCUT2D eigenvalue weighted by atomic mass is 19.1. The molecule has 2 aromatic rings. The van der Waals surface area contributed by atoms with Gasteiger partial charge in [0.1, 0.15) is 29.5 Å². The van der Waals surface area contributed by atoms with Crippen LogP contribution in [-0.2, 0) is 15.0 Å². The normalized spacial score (nSPS) is 25.7. The zero-order valence-electron chi connectivity index (χ0n) is 15.1. The smallest absolute Gasteiger partial charge is 0.282 e. The Kier molecular flexibility index (Phi) is 4.87. The van der Waals surface area contributed by atoms with Gasteiger partial charge in [-0.2, -0.15) is 0 Å². The van der Waals surface area contributed by atoms with E-state index in [0.717, 1.165) is 12.3 Å². The average molecular weight is 406 g/mol. The summed E-state index contributed by atoms with van der Waals surface area (Å²) < 4.78 is 51.9. The summed E-state index contributed by atoms with van der Waals surface area (Å²) in [5.74, 6) is -2.36. The van der Waals surface area contributed by atoms with Crippen molar-refractivity contribution in [3.8, 4) is 0 Å². The Morgan fingerprint density at radius 1 is 1.31 bits per heavy atom. The topological polar surface area (TPSA) is 98.8 Å².